The van der Waals surface area contributed by atoms with Gasteiger partial charge in [0.05, 0.1) is 4.92 Å². The normalized spacial score (nSPS) is 11.1. The Bertz CT molecular complexity index is 681. The number of aromatic amines is 1. The number of aromatic nitrogens is 3. The molecule has 0 saturated heterocycles. The van der Waals surface area contributed by atoms with E-state index in [0.717, 1.165) is 12.1 Å². The van der Waals surface area contributed by atoms with Gasteiger partial charge in [-0.05, 0) is 0 Å². The van der Waals surface area contributed by atoms with Crippen LogP contribution in [0.4, 0.5) is 5.69 Å². The molecule has 1 aromatic heterocycles. The molecule has 0 atom stereocenters. The minimum absolute atomic E-state index is 0. The molecule has 2 N–H and O–H groups in total. The van der Waals surface area contributed by atoms with Crippen LogP contribution < -0.4 is 0 Å². The molecule has 1 heterocycles. The number of H-pyrrole nitrogens is 1. The third-order valence-corrected chi connectivity index (χ3v) is 2.73. The van der Waals surface area contributed by atoms with Crippen LogP contribution in [0.5, 0.6) is 0 Å². The Hall–Kier alpha value is -1.33. The minimum atomic E-state index is -4.58. The molecule has 0 aliphatic carbocycles. The van der Waals surface area contributed by atoms with Crippen molar-refractivity contribution in [3.8, 4) is 0 Å². The second-order valence-corrected chi connectivity index (χ2v) is 4.26. The maximum Gasteiger partial charge on any atom is 1.00 e. The summed E-state index contributed by atoms with van der Waals surface area (Å²) in [5.41, 5.74) is -0.649. The Kier molecular flexibility index (Phi) is 3.64. The zero-order valence-corrected chi connectivity index (χ0v) is 10.1. The van der Waals surface area contributed by atoms with Crippen LogP contribution in [-0.2, 0) is 32.5 Å². The largest absolute Gasteiger partial charge is 1.00 e. The van der Waals surface area contributed by atoms with E-state index in [1.807, 2.05) is 0 Å². The van der Waals surface area contributed by atoms with Gasteiger partial charge in [0.25, 0.3) is 15.8 Å². The molecule has 11 heteroatoms. The van der Waals surface area contributed by atoms with Gasteiger partial charge in [-0.25, -0.2) is 0 Å². The predicted octanol–water partition coefficient (Wildman–Crippen LogP) is 0.110. The van der Waals surface area contributed by atoms with Crippen LogP contribution in [0, 0.1) is 10.1 Å². The van der Waals surface area contributed by atoms with E-state index in [9.17, 15) is 18.5 Å². The number of nitrogens with zero attached hydrogens (tertiary/aromatic N) is 3. The van der Waals surface area contributed by atoms with Gasteiger partial charge in [-0.1, -0.05) is 0 Å². The maximum absolute atomic E-state index is 11.0. The monoisotopic (exact) mass is 351 g/mol. The van der Waals surface area contributed by atoms with Gasteiger partial charge in [-0.2, -0.15) is 23.8 Å². The number of hydrogen-bond donors (Lipinski definition) is 2. The van der Waals surface area contributed by atoms with E-state index in [1.54, 1.807) is 0 Å². The SMILES string of the molecule is O=[N+]([O-])c1cc(S(=O)(=O)O)c2n[nH]nc2c1.[Ag+]. The first kappa shape index (κ1) is 13.7. The topological polar surface area (TPSA) is 139 Å². The number of hydrogen-bond acceptors (Lipinski definition) is 6. The molecule has 0 bridgehead atoms. The first-order valence-corrected chi connectivity index (χ1v) is 5.30. The molecule has 0 amide bonds. The van der Waals surface area contributed by atoms with Crippen molar-refractivity contribution in [2.45, 2.75) is 4.90 Å². The summed E-state index contributed by atoms with van der Waals surface area (Å²) in [6.07, 6.45) is 0. The molecule has 0 spiro atoms. The fraction of sp³-hybridized carbons (Fsp3) is 0. The van der Waals surface area contributed by atoms with E-state index < -0.39 is 25.6 Å². The van der Waals surface area contributed by atoms with Crippen molar-refractivity contribution in [2.75, 3.05) is 0 Å². The standard InChI is InChI=1S/C6H4N4O5S.Ag/c11-10(12)3-1-4-6(8-9-7-4)5(2-3)16(13,14)15;/h1-2H,(H,7,8,9)(H,13,14,15);/q;+1. The Morgan fingerprint density at radius 1 is 1.35 bits per heavy atom. The van der Waals surface area contributed by atoms with Crippen LogP contribution in [0.15, 0.2) is 17.0 Å². The molecule has 2 aromatic rings. The molecule has 0 aliphatic rings. The van der Waals surface area contributed by atoms with Crippen molar-refractivity contribution in [1.29, 1.82) is 0 Å². The predicted molar refractivity (Wildman–Crippen MR) is 50.4 cm³/mol. The van der Waals surface area contributed by atoms with Crippen molar-refractivity contribution in [3.63, 3.8) is 0 Å². The van der Waals surface area contributed by atoms with Crippen LogP contribution in [0.3, 0.4) is 0 Å². The van der Waals surface area contributed by atoms with Crippen LogP contribution in [0.1, 0.15) is 0 Å². The zero-order valence-electron chi connectivity index (χ0n) is 7.79. The Morgan fingerprint density at radius 3 is 2.53 bits per heavy atom. The van der Waals surface area contributed by atoms with Gasteiger partial charge in [-0.3, -0.25) is 14.7 Å². The summed E-state index contributed by atoms with van der Waals surface area (Å²) in [7, 11) is -4.58. The van der Waals surface area contributed by atoms with E-state index in [4.69, 9.17) is 4.55 Å². The number of rotatable bonds is 2. The first-order valence-electron chi connectivity index (χ1n) is 3.86. The molecular weight excluding hydrogens is 348 g/mol. The summed E-state index contributed by atoms with van der Waals surface area (Å²) in [5, 5.41) is 19.6. The van der Waals surface area contributed by atoms with Gasteiger partial charge in [0, 0.05) is 12.1 Å². The molecule has 17 heavy (non-hydrogen) atoms. The van der Waals surface area contributed by atoms with E-state index in [2.05, 4.69) is 15.4 Å². The summed E-state index contributed by atoms with van der Waals surface area (Å²) in [4.78, 5) is 9.08. The molecule has 0 aliphatic heterocycles. The molecule has 9 nitrogen and oxygen atoms in total. The minimum Gasteiger partial charge on any atom is -0.282 e. The van der Waals surface area contributed by atoms with Crippen LogP contribution in [-0.4, -0.2) is 33.3 Å². The molecular formula is C6H4AgN4O5S+. The van der Waals surface area contributed by atoms with Crippen molar-refractivity contribution < 1.29 is 40.3 Å². The number of non-ortho nitro benzene ring substituents is 1. The van der Waals surface area contributed by atoms with E-state index in [0.29, 0.717) is 0 Å². The Morgan fingerprint density at radius 2 is 2.00 bits per heavy atom. The van der Waals surface area contributed by atoms with Gasteiger partial charge >= 0.3 is 22.4 Å². The van der Waals surface area contributed by atoms with E-state index >= 15 is 0 Å². The number of nitro benzene ring substituents is 1. The van der Waals surface area contributed by atoms with Crippen LogP contribution in [0.25, 0.3) is 11.0 Å². The number of nitrogens with one attached hydrogen (secondary N) is 1. The number of fused-ring (bicyclic) bond motifs is 1. The molecule has 0 radical (unpaired) electrons. The molecule has 0 unspecified atom stereocenters. The quantitative estimate of drug-likeness (QED) is 0.338. The number of benzene rings is 1. The van der Waals surface area contributed by atoms with Crippen LogP contribution in [0.2, 0.25) is 0 Å². The molecule has 94 valence electrons. The summed E-state index contributed by atoms with van der Waals surface area (Å²) in [6, 6.07) is 1.77. The van der Waals surface area contributed by atoms with Crippen molar-refractivity contribution in [1.82, 2.24) is 15.4 Å². The second-order valence-electron chi connectivity index (χ2n) is 2.87. The Labute approximate surface area is 110 Å². The Balaban J connectivity index is 0.00000144. The van der Waals surface area contributed by atoms with E-state index in [-0.39, 0.29) is 33.4 Å². The van der Waals surface area contributed by atoms with Crippen molar-refractivity contribution in [2.24, 2.45) is 0 Å². The van der Waals surface area contributed by atoms with Crippen molar-refractivity contribution in [3.05, 3.63) is 22.2 Å². The van der Waals surface area contributed by atoms with Gasteiger partial charge in [-0.15, -0.1) is 0 Å². The molecule has 0 fully saturated rings. The summed E-state index contributed by atoms with van der Waals surface area (Å²) >= 11 is 0. The molecule has 0 saturated carbocycles. The van der Waals surface area contributed by atoms with Gasteiger partial charge in [0.2, 0.25) is 0 Å². The number of nitro groups is 1. The average molecular weight is 352 g/mol. The smallest absolute Gasteiger partial charge is 0.282 e. The average Bonchev–Trinajstić information content (AvgIpc) is 2.61. The fourth-order valence-electron chi connectivity index (χ4n) is 1.21. The summed E-state index contributed by atoms with van der Waals surface area (Å²) in [5.74, 6) is 0. The van der Waals surface area contributed by atoms with Crippen LogP contribution >= 0.6 is 0 Å². The van der Waals surface area contributed by atoms with E-state index in [1.165, 1.54) is 0 Å². The zero-order chi connectivity index (χ0) is 11.9. The summed E-state index contributed by atoms with van der Waals surface area (Å²) in [6.45, 7) is 0. The van der Waals surface area contributed by atoms with Gasteiger partial charge in [0.15, 0.2) is 0 Å². The summed E-state index contributed by atoms with van der Waals surface area (Å²) < 4.78 is 30.8. The van der Waals surface area contributed by atoms with Gasteiger partial charge < -0.3 is 0 Å². The van der Waals surface area contributed by atoms with Gasteiger partial charge in [0.1, 0.15) is 15.9 Å². The third kappa shape index (κ3) is 2.50. The third-order valence-electron chi connectivity index (χ3n) is 1.86. The van der Waals surface area contributed by atoms with Crippen molar-refractivity contribution >= 4 is 26.8 Å². The maximum atomic E-state index is 11.0. The molecule has 1 aromatic carbocycles. The first-order chi connectivity index (χ1) is 7.39. The fourth-order valence-corrected chi connectivity index (χ4v) is 1.87. The molecule has 2 rings (SSSR count). The second kappa shape index (κ2) is 4.50.